The maximum atomic E-state index is 13.6. The molecule has 0 spiro atoms. The quantitative estimate of drug-likeness (QED) is 0.390. The molecule has 1 aromatic heterocycles. The lowest BCUT2D eigenvalue weighted by molar-refractivity contribution is 0.179. The highest BCUT2D eigenvalue weighted by Crippen LogP contribution is 2.39. The van der Waals surface area contributed by atoms with Crippen LogP contribution in [-0.4, -0.2) is 22.5 Å². The van der Waals surface area contributed by atoms with Crippen LogP contribution in [0.2, 0.25) is 5.02 Å². The molecule has 6 heteroatoms. The number of carbonyl (C=O) groups is 1. The molecule has 0 saturated carbocycles. The molecule has 4 aromatic rings. The predicted octanol–water partition coefficient (Wildman–Crippen LogP) is 6.13. The topological polar surface area (TPSA) is 48.1 Å². The van der Waals surface area contributed by atoms with E-state index in [2.05, 4.69) is 10.3 Å². The fraction of sp³-hybridized carbons (Fsp3) is 0.192. The van der Waals surface area contributed by atoms with Crippen molar-refractivity contribution in [1.82, 2.24) is 15.2 Å². The van der Waals surface area contributed by atoms with Crippen LogP contribution in [-0.2, 0) is 13.0 Å². The van der Waals surface area contributed by atoms with Crippen molar-refractivity contribution in [1.29, 1.82) is 0 Å². The Morgan fingerprint density at radius 3 is 2.62 bits per heavy atom. The van der Waals surface area contributed by atoms with Gasteiger partial charge in [-0.3, -0.25) is 0 Å². The van der Waals surface area contributed by atoms with Gasteiger partial charge in [0.15, 0.2) is 0 Å². The van der Waals surface area contributed by atoms with Gasteiger partial charge in [0, 0.05) is 34.7 Å². The lowest BCUT2D eigenvalue weighted by Gasteiger charge is -2.36. The molecule has 2 amide bonds. The van der Waals surface area contributed by atoms with Crippen molar-refractivity contribution in [2.45, 2.75) is 25.9 Å². The molecule has 0 fully saturated rings. The number of aromatic nitrogens is 1. The number of aryl methyl sites for hydroxylation is 1. The molecule has 1 aliphatic rings. The van der Waals surface area contributed by atoms with Crippen LogP contribution in [0.15, 0.2) is 66.7 Å². The molecule has 3 aromatic carbocycles. The summed E-state index contributed by atoms with van der Waals surface area (Å²) in [7, 11) is 0. The van der Waals surface area contributed by atoms with Gasteiger partial charge in [0.2, 0.25) is 0 Å². The van der Waals surface area contributed by atoms with E-state index in [-0.39, 0.29) is 17.9 Å². The standard InChI is InChI=1S/C26H23ClFN3O/c1-16-2-4-17(5-3-16)15-29-26(32)31-13-12-21-22-14-19(27)8-11-23(22)30-24(21)25(31)18-6-9-20(28)10-7-18/h2-11,14,25,30H,12-13,15H2,1H3,(H,29,32)/t25-/m1/s1. The Labute approximate surface area is 191 Å². The zero-order chi connectivity index (χ0) is 22.2. The fourth-order valence-corrected chi connectivity index (χ4v) is 4.63. The average molecular weight is 448 g/mol. The number of hydrogen-bond donors (Lipinski definition) is 2. The molecule has 0 aliphatic carbocycles. The number of halogens is 2. The van der Waals surface area contributed by atoms with Gasteiger partial charge < -0.3 is 15.2 Å². The number of aromatic amines is 1. The van der Waals surface area contributed by atoms with E-state index in [9.17, 15) is 9.18 Å². The van der Waals surface area contributed by atoms with E-state index in [0.29, 0.717) is 24.5 Å². The number of carbonyl (C=O) groups excluding carboxylic acids is 1. The summed E-state index contributed by atoms with van der Waals surface area (Å²) in [6.45, 7) is 3.03. The highest BCUT2D eigenvalue weighted by molar-refractivity contribution is 6.31. The molecule has 162 valence electrons. The summed E-state index contributed by atoms with van der Waals surface area (Å²) in [4.78, 5) is 18.6. The minimum atomic E-state index is -0.344. The Bertz CT molecular complexity index is 1280. The van der Waals surface area contributed by atoms with Gasteiger partial charge in [-0.05, 0) is 60.4 Å². The van der Waals surface area contributed by atoms with E-state index >= 15 is 0 Å². The first-order valence-corrected chi connectivity index (χ1v) is 11.0. The number of hydrogen-bond acceptors (Lipinski definition) is 1. The third kappa shape index (κ3) is 3.84. The zero-order valence-electron chi connectivity index (χ0n) is 17.7. The Balaban J connectivity index is 1.50. The molecule has 2 N–H and O–H groups in total. The summed E-state index contributed by atoms with van der Waals surface area (Å²) >= 11 is 6.25. The van der Waals surface area contributed by atoms with Gasteiger partial charge >= 0.3 is 6.03 Å². The number of fused-ring (bicyclic) bond motifs is 3. The lowest BCUT2D eigenvalue weighted by atomic mass is 9.92. The highest BCUT2D eigenvalue weighted by atomic mass is 35.5. The number of nitrogens with zero attached hydrogens (tertiary/aromatic N) is 1. The molecule has 2 heterocycles. The van der Waals surface area contributed by atoms with Crippen LogP contribution in [0.25, 0.3) is 10.9 Å². The molecule has 0 radical (unpaired) electrons. The van der Waals surface area contributed by atoms with Crippen LogP contribution in [0.3, 0.4) is 0 Å². The first-order chi connectivity index (χ1) is 15.5. The smallest absolute Gasteiger partial charge is 0.318 e. The van der Waals surface area contributed by atoms with Crippen molar-refractivity contribution in [3.05, 3.63) is 106 Å². The third-order valence-electron chi connectivity index (χ3n) is 6.10. The molecule has 5 rings (SSSR count). The minimum absolute atomic E-state index is 0.151. The monoisotopic (exact) mass is 447 g/mol. The molecule has 4 nitrogen and oxygen atoms in total. The van der Waals surface area contributed by atoms with Crippen molar-refractivity contribution in [2.24, 2.45) is 0 Å². The van der Waals surface area contributed by atoms with Gasteiger partial charge in [0.05, 0.1) is 6.04 Å². The van der Waals surface area contributed by atoms with Crippen LogP contribution >= 0.6 is 11.6 Å². The van der Waals surface area contributed by atoms with E-state index in [4.69, 9.17) is 11.6 Å². The van der Waals surface area contributed by atoms with Crippen LogP contribution in [0, 0.1) is 12.7 Å². The van der Waals surface area contributed by atoms with E-state index in [0.717, 1.165) is 33.3 Å². The van der Waals surface area contributed by atoms with Gasteiger partial charge in [-0.15, -0.1) is 0 Å². The van der Waals surface area contributed by atoms with Crippen molar-refractivity contribution in [3.8, 4) is 0 Å². The fourth-order valence-electron chi connectivity index (χ4n) is 4.46. The molecule has 0 saturated heterocycles. The number of amides is 2. The predicted molar refractivity (Wildman–Crippen MR) is 125 cm³/mol. The first-order valence-electron chi connectivity index (χ1n) is 10.6. The second kappa shape index (κ2) is 8.32. The number of rotatable bonds is 3. The Morgan fingerprint density at radius 2 is 1.88 bits per heavy atom. The number of H-pyrrole nitrogens is 1. The van der Waals surface area contributed by atoms with Crippen molar-refractivity contribution in [2.75, 3.05) is 6.54 Å². The minimum Gasteiger partial charge on any atom is -0.356 e. The van der Waals surface area contributed by atoms with Crippen molar-refractivity contribution in [3.63, 3.8) is 0 Å². The first kappa shape index (κ1) is 20.6. The van der Waals surface area contributed by atoms with Gasteiger partial charge in [-0.2, -0.15) is 0 Å². The molecule has 1 atom stereocenters. The van der Waals surface area contributed by atoms with E-state index in [1.807, 2.05) is 54.3 Å². The molecular formula is C26H23ClFN3O. The largest absolute Gasteiger partial charge is 0.356 e. The number of urea groups is 1. The van der Waals surface area contributed by atoms with Crippen molar-refractivity contribution < 1.29 is 9.18 Å². The van der Waals surface area contributed by atoms with Gasteiger partial charge in [-0.1, -0.05) is 53.6 Å². The van der Waals surface area contributed by atoms with Crippen molar-refractivity contribution >= 4 is 28.5 Å². The van der Waals surface area contributed by atoms with Crippen LogP contribution < -0.4 is 5.32 Å². The highest BCUT2D eigenvalue weighted by Gasteiger charge is 2.34. The summed E-state index contributed by atoms with van der Waals surface area (Å²) in [5.41, 5.74) is 6.16. The van der Waals surface area contributed by atoms with Crippen LogP contribution in [0.4, 0.5) is 9.18 Å². The molecule has 0 unspecified atom stereocenters. The zero-order valence-corrected chi connectivity index (χ0v) is 18.4. The molecule has 0 bridgehead atoms. The Morgan fingerprint density at radius 1 is 1.12 bits per heavy atom. The Kier molecular flexibility index (Phi) is 5.35. The molecule has 1 aliphatic heterocycles. The van der Waals surface area contributed by atoms with E-state index in [1.165, 1.54) is 17.7 Å². The second-order valence-electron chi connectivity index (χ2n) is 8.25. The average Bonchev–Trinajstić information content (AvgIpc) is 3.16. The normalized spacial score (nSPS) is 15.6. The maximum Gasteiger partial charge on any atom is 0.318 e. The third-order valence-corrected chi connectivity index (χ3v) is 6.34. The van der Waals surface area contributed by atoms with Gasteiger partial charge in [0.25, 0.3) is 0 Å². The number of nitrogens with one attached hydrogen (secondary N) is 2. The van der Waals surface area contributed by atoms with E-state index < -0.39 is 0 Å². The molecule has 32 heavy (non-hydrogen) atoms. The maximum absolute atomic E-state index is 13.6. The summed E-state index contributed by atoms with van der Waals surface area (Å²) in [5, 5.41) is 4.80. The summed E-state index contributed by atoms with van der Waals surface area (Å²) in [5.74, 6) is -0.302. The van der Waals surface area contributed by atoms with Gasteiger partial charge in [-0.25, -0.2) is 9.18 Å². The van der Waals surface area contributed by atoms with Crippen LogP contribution in [0.5, 0.6) is 0 Å². The summed E-state index contributed by atoms with van der Waals surface area (Å²) in [6, 6.07) is 19.7. The van der Waals surface area contributed by atoms with Crippen LogP contribution in [0.1, 0.15) is 34.0 Å². The summed E-state index contributed by atoms with van der Waals surface area (Å²) < 4.78 is 13.6. The van der Waals surface area contributed by atoms with Gasteiger partial charge in [0.1, 0.15) is 5.82 Å². The SMILES string of the molecule is Cc1ccc(CNC(=O)N2CCc3c([nH]c4ccc(Cl)cc34)[C@H]2c2ccc(F)cc2)cc1. The lowest BCUT2D eigenvalue weighted by Crippen LogP contribution is -2.45. The number of benzene rings is 3. The summed E-state index contributed by atoms with van der Waals surface area (Å²) in [6.07, 6.45) is 0.714. The Hall–Kier alpha value is -3.31. The van der Waals surface area contributed by atoms with E-state index in [1.54, 1.807) is 12.1 Å². The molecular weight excluding hydrogens is 425 g/mol. The second-order valence-corrected chi connectivity index (χ2v) is 8.69.